The largest absolute Gasteiger partial charge is 0.370 e. The molecule has 2 aromatic carbocycles. The molecule has 4 N–H and O–H groups in total. The van der Waals surface area contributed by atoms with E-state index >= 15 is 0 Å². The molecule has 6 nitrogen and oxygen atoms in total. The molecule has 2 atom stereocenters. The Bertz CT molecular complexity index is 761. The number of benzene rings is 2. The van der Waals surface area contributed by atoms with Gasteiger partial charge in [-0.25, -0.2) is 0 Å². The van der Waals surface area contributed by atoms with Crippen LogP contribution >= 0.6 is 0 Å². The zero-order valence-corrected chi connectivity index (χ0v) is 15.9. The van der Waals surface area contributed by atoms with Gasteiger partial charge in [0.1, 0.15) is 6.04 Å². The minimum atomic E-state index is -1.97. The van der Waals surface area contributed by atoms with Gasteiger partial charge < -0.3 is 10.4 Å². The molecule has 0 saturated carbocycles. The van der Waals surface area contributed by atoms with Gasteiger partial charge >= 0.3 is 0 Å². The third-order valence-corrected chi connectivity index (χ3v) is 4.42. The normalized spacial score (nSPS) is 14.4. The molecule has 0 aliphatic carbocycles. The van der Waals surface area contributed by atoms with Crippen molar-refractivity contribution >= 4 is 11.8 Å². The van der Waals surface area contributed by atoms with Crippen LogP contribution in [0.3, 0.4) is 0 Å². The van der Waals surface area contributed by atoms with Crippen molar-refractivity contribution in [1.82, 2.24) is 10.2 Å². The maximum absolute atomic E-state index is 13.2. The number of nitrogens with two attached hydrogens (primary N) is 1. The first-order valence-corrected chi connectivity index (χ1v) is 8.92. The number of likely N-dealkylation sites (N-methyl/N-ethyl adjacent to an activating group) is 1. The molecule has 6 heteroatoms. The summed E-state index contributed by atoms with van der Waals surface area (Å²) in [5.41, 5.74) is 5.36. The molecule has 0 aliphatic heterocycles. The van der Waals surface area contributed by atoms with E-state index in [0.29, 0.717) is 5.56 Å². The van der Waals surface area contributed by atoms with E-state index in [-0.39, 0.29) is 18.4 Å². The Morgan fingerprint density at radius 1 is 1.04 bits per heavy atom. The van der Waals surface area contributed by atoms with Crippen molar-refractivity contribution in [2.24, 2.45) is 11.7 Å². The van der Waals surface area contributed by atoms with E-state index in [0.717, 1.165) is 10.5 Å². The predicted molar refractivity (Wildman–Crippen MR) is 104 cm³/mol. The van der Waals surface area contributed by atoms with Crippen LogP contribution in [0.1, 0.15) is 25.0 Å². The molecule has 0 fully saturated rings. The fourth-order valence-corrected chi connectivity index (χ4v) is 2.90. The Morgan fingerprint density at radius 3 is 2.04 bits per heavy atom. The monoisotopic (exact) mass is 369 g/mol. The highest BCUT2D eigenvalue weighted by molar-refractivity contribution is 5.99. The SMILES string of the molecule is CNC(C(=O)N(Cc1ccccc1)C(=O)C(C)C)C(N)(O)c1ccccc1. The van der Waals surface area contributed by atoms with Gasteiger partial charge in [0, 0.05) is 11.5 Å². The Hall–Kier alpha value is -2.54. The van der Waals surface area contributed by atoms with E-state index in [2.05, 4.69) is 5.32 Å². The van der Waals surface area contributed by atoms with Crippen molar-refractivity contribution in [1.29, 1.82) is 0 Å². The number of amides is 2. The van der Waals surface area contributed by atoms with Crippen LogP contribution in [0.25, 0.3) is 0 Å². The Morgan fingerprint density at radius 2 is 1.56 bits per heavy atom. The number of hydrogen-bond donors (Lipinski definition) is 3. The van der Waals surface area contributed by atoms with Gasteiger partial charge in [0.2, 0.25) is 5.91 Å². The number of aliphatic hydroxyl groups is 1. The molecule has 0 heterocycles. The minimum Gasteiger partial charge on any atom is -0.370 e. The van der Waals surface area contributed by atoms with Crippen molar-refractivity contribution in [3.8, 4) is 0 Å². The first-order valence-electron chi connectivity index (χ1n) is 8.92. The number of nitrogens with zero attached hydrogens (tertiary/aromatic N) is 1. The number of hydrogen-bond acceptors (Lipinski definition) is 5. The van der Waals surface area contributed by atoms with Crippen LogP contribution < -0.4 is 11.1 Å². The number of imide groups is 1. The van der Waals surface area contributed by atoms with Crippen molar-refractivity contribution < 1.29 is 14.7 Å². The molecule has 2 unspecified atom stereocenters. The quantitative estimate of drug-likeness (QED) is 0.644. The molecular weight excluding hydrogens is 342 g/mol. The number of carbonyl (C=O) groups is 2. The van der Waals surface area contributed by atoms with Crippen molar-refractivity contribution in [2.75, 3.05) is 7.05 Å². The molecule has 27 heavy (non-hydrogen) atoms. The predicted octanol–water partition coefficient (Wildman–Crippen LogP) is 1.59. The third-order valence-electron chi connectivity index (χ3n) is 4.42. The molecule has 0 bridgehead atoms. The summed E-state index contributed by atoms with van der Waals surface area (Å²) in [5.74, 6) is -1.28. The molecular formula is C21H27N3O3. The number of rotatable bonds is 7. The van der Waals surface area contributed by atoms with Crippen LogP contribution in [-0.2, 0) is 21.9 Å². The lowest BCUT2D eigenvalue weighted by Crippen LogP contribution is -2.62. The second-order valence-electron chi connectivity index (χ2n) is 6.82. The zero-order chi connectivity index (χ0) is 20.0. The maximum atomic E-state index is 13.2. The third kappa shape index (κ3) is 4.80. The molecule has 0 spiro atoms. The molecule has 0 radical (unpaired) electrons. The van der Waals surface area contributed by atoms with Gasteiger partial charge in [-0.3, -0.25) is 20.2 Å². The van der Waals surface area contributed by atoms with Gasteiger partial charge in [-0.2, -0.15) is 0 Å². The average molecular weight is 369 g/mol. The van der Waals surface area contributed by atoms with E-state index < -0.39 is 17.7 Å². The van der Waals surface area contributed by atoms with Crippen LogP contribution in [0.2, 0.25) is 0 Å². The van der Waals surface area contributed by atoms with Crippen molar-refractivity contribution in [3.63, 3.8) is 0 Å². The highest BCUT2D eigenvalue weighted by Crippen LogP contribution is 2.22. The smallest absolute Gasteiger partial charge is 0.251 e. The average Bonchev–Trinajstić information content (AvgIpc) is 2.67. The van der Waals surface area contributed by atoms with Gasteiger partial charge in [0.15, 0.2) is 5.72 Å². The Labute approximate surface area is 160 Å². The summed E-state index contributed by atoms with van der Waals surface area (Å²) in [6.07, 6.45) is 0. The van der Waals surface area contributed by atoms with Crippen LogP contribution in [0.5, 0.6) is 0 Å². The molecule has 2 rings (SSSR count). The lowest BCUT2D eigenvalue weighted by Gasteiger charge is -2.35. The standard InChI is InChI=1S/C21H27N3O3/c1-15(2)19(25)24(14-16-10-6-4-7-11-16)20(26)18(23-3)21(22,27)17-12-8-5-9-13-17/h4-13,15,18,23,27H,14,22H2,1-3H3. The summed E-state index contributed by atoms with van der Waals surface area (Å²) in [6.45, 7) is 3.57. The summed E-state index contributed by atoms with van der Waals surface area (Å²) in [7, 11) is 1.53. The lowest BCUT2D eigenvalue weighted by molar-refractivity contribution is -0.153. The summed E-state index contributed by atoms with van der Waals surface area (Å²) < 4.78 is 0. The van der Waals surface area contributed by atoms with Gasteiger partial charge in [-0.05, 0) is 12.6 Å². The van der Waals surface area contributed by atoms with Gasteiger partial charge in [-0.15, -0.1) is 0 Å². The van der Waals surface area contributed by atoms with Crippen LogP contribution in [-0.4, -0.2) is 34.9 Å². The molecule has 0 aromatic heterocycles. The Balaban J connectivity index is 2.38. The van der Waals surface area contributed by atoms with Gasteiger partial charge in [0.25, 0.3) is 5.91 Å². The lowest BCUT2D eigenvalue weighted by atomic mass is 9.94. The van der Waals surface area contributed by atoms with E-state index in [9.17, 15) is 14.7 Å². The molecule has 144 valence electrons. The summed E-state index contributed by atoms with van der Waals surface area (Å²) >= 11 is 0. The zero-order valence-electron chi connectivity index (χ0n) is 15.9. The van der Waals surface area contributed by atoms with E-state index in [1.54, 1.807) is 44.2 Å². The second kappa shape index (κ2) is 8.90. The van der Waals surface area contributed by atoms with Crippen LogP contribution in [0, 0.1) is 5.92 Å². The summed E-state index contributed by atoms with van der Waals surface area (Å²) in [4.78, 5) is 27.1. The summed E-state index contributed by atoms with van der Waals surface area (Å²) in [6, 6.07) is 16.6. The van der Waals surface area contributed by atoms with Crippen molar-refractivity contribution in [3.05, 3.63) is 71.8 Å². The first-order chi connectivity index (χ1) is 12.8. The number of carbonyl (C=O) groups excluding carboxylic acids is 2. The van der Waals surface area contributed by atoms with Crippen LogP contribution in [0.4, 0.5) is 0 Å². The highest BCUT2D eigenvalue weighted by atomic mass is 16.3. The minimum absolute atomic E-state index is 0.111. The fourth-order valence-electron chi connectivity index (χ4n) is 2.90. The van der Waals surface area contributed by atoms with Gasteiger partial charge in [0.05, 0.1) is 6.54 Å². The van der Waals surface area contributed by atoms with E-state index in [1.807, 2.05) is 30.3 Å². The first kappa shape index (κ1) is 20.8. The summed E-state index contributed by atoms with van der Waals surface area (Å²) in [5, 5.41) is 13.7. The number of nitrogens with one attached hydrogen (secondary N) is 1. The highest BCUT2D eigenvalue weighted by Gasteiger charge is 2.42. The molecule has 2 aromatic rings. The van der Waals surface area contributed by atoms with E-state index in [1.165, 1.54) is 7.05 Å². The van der Waals surface area contributed by atoms with Crippen molar-refractivity contribution in [2.45, 2.75) is 32.2 Å². The Kier molecular flexibility index (Phi) is 6.85. The topological polar surface area (TPSA) is 95.7 Å². The molecule has 0 saturated heterocycles. The molecule has 2 amide bonds. The van der Waals surface area contributed by atoms with Crippen LogP contribution in [0.15, 0.2) is 60.7 Å². The van der Waals surface area contributed by atoms with Gasteiger partial charge in [-0.1, -0.05) is 74.5 Å². The fraction of sp³-hybridized carbons (Fsp3) is 0.333. The second-order valence-corrected chi connectivity index (χ2v) is 6.82. The maximum Gasteiger partial charge on any atom is 0.251 e. The molecule has 0 aliphatic rings. The van der Waals surface area contributed by atoms with E-state index in [4.69, 9.17) is 5.73 Å².